The molecule has 0 atom stereocenters. The van der Waals surface area contributed by atoms with Crippen LogP contribution in [0.1, 0.15) is 37.3 Å². The van der Waals surface area contributed by atoms with Crippen molar-refractivity contribution in [1.82, 2.24) is 20.6 Å². The number of anilines is 1. The monoisotopic (exact) mass is 432 g/mol. The maximum Gasteiger partial charge on any atom is 0.163 e. The predicted molar refractivity (Wildman–Crippen MR) is 121 cm³/mol. The number of allylic oxidation sites excluding steroid dienone is 1. The van der Waals surface area contributed by atoms with Crippen LogP contribution in [-0.2, 0) is 0 Å². The van der Waals surface area contributed by atoms with Crippen molar-refractivity contribution in [3.63, 3.8) is 0 Å². The Morgan fingerprint density at radius 3 is 2.66 bits per heavy atom. The van der Waals surface area contributed by atoms with E-state index in [9.17, 15) is 0 Å². The van der Waals surface area contributed by atoms with Gasteiger partial charge in [-0.05, 0) is 50.0 Å². The van der Waals surface area contributed by atoms with Crippen molar-refractivity contribution in [2.24, 2.45) is 0 Å². The third kappa shape index (κ3) is 6.34. The summed E-state index contributed by atoms with van der Waals surface area (Å²) in [6.45, 7) is 1.66. The second-order valence-electron chi connectivity index (χ2n) is 6.96. The van der Waals surface area contributed by atoms with Gasteiger partial charge < -0.3 is 21.4 Å². The molecule has 1 heterocycles. The van der Waals surface area contributed by atoms with Crippen LogP contribution in [0.25, 0.3) is 11.4 Å². The summed E-state index contributed by atoms with van der Waals surface area (Å²) in [5.41, 5.74) is 1.86. The Labute approximate surface area is 181 Å². The van der Waals surface area contributed by atoms with Crippen LogP contribution in [0.4, 0.5) is 5.82 Å². The van der Waals surface area contributed by atoms with Crippen LogP contribution in [0.5, 0.6) is 0 Å². The highest BCUT2D eigenvalue weighted by Crippen LogP contribution is 2.40. The molecule has 2 aromatic rings. The number of nitrogens with zero attached hydrogens (tertiary/aromatic N) is 2. The van der Waals surface area contributed by atoms with Crippen molar-refractivity contribution in [2.45, 2.75) is 31.6 Å². The van der Waals surface area contributed by atoms with Gasteiger partial charge in [0.05, 0.1) is 10.8 Å². The maximum absolute atomic E-state index is 7.11. The molecule has 1 aromatic carbocycles. The minimum atomic E-state index is 0.521. The van der Waals surface area contributed by atoms with Gasteiger partial charge in [0.2, 0.25) is 0 Å². The van der Waals surface area contributed by atoms with Gasteiger partial charge in [0, 0.05) is 54.6 Å². The van der Waals surface area contributed by atoms with Gasteiger partial charge in [0.25, 0.3) is 0 Å². The van der Waals surface area contributed by atoms with Crippen LogP contribution >= 0.6 is 23.2 Å². The van der Waals surface area contributed by atoms with Crippen LogP contribution in [0.15, 0.2) is 36.2 Å². The third-order valence-corrected chi connectivity index (χ3v) is 5.21. The van der Waals surface area contributed by atoms with Gasteiger partial charge in [-0.3, -0.25) is 0 Å². The molecular formula is C21H26Cl2N6. The second kappa shape index (κ2) is 10.5. The van der Waals surface area contributed by atoms with E-state index < -0.39 is 0 Å². The fourth-order valence-electron chi connectivity index (χ4n) is 2.94. The number of unbranched alkanes of at least 4 members (excludes halogenated alkanes) is 1. The molecule has 0 bridgehead atoms. The third-order valence-electron chi connectivity index (χ3n) is 4.66. The Hall–Kier alpha value is -2.31. The van der Waals surface area contributed by atoms with Crippen molar-refractivity contribution < 1.29 is 0 Å². The van der Waals surface area contributed by atoms with Crippen LogP contribution < -0.4 is 16.0 Å². The molecule has 1 saturated carbocycles. The second-order valence-corrected chi connectivity index (χ2v) is 7.80. The number of halogens is 2. The van der Waals surface area contributed by atoms with Gasteiger partial charge >= 0.3 is 0 Å². The minimum Gasteiger partial charge on any atom is -0.375 e. The molecule has 0 unspecified atom stereocenters. The zero-order valence-corrected chi connectivity index (χ0v) is 17.9. The molecule has 0 aliphatic heterocycles. The van der Waals surface area contributed by atoms with Crippen LogP contribution in [0.3, 0.4) is 0 Å². The summed E-state index contributed by atoms with van der Waals surface area (Å²) >= 11 is 12.4. The van der Waals surface area contributed by atoms with E-state index in [1.54, 1.807) is 12.1 Å². The first-order valence-electron chi connectivity index (χ1n) is 9.81. The molecule has 1 aliphatic carbocycles. The molecular weight excluding hydrogens is 407 g/mol. The van der Waals surface area contributed by atoms with E-state index in [0.29, 0.717) is 21.8 Å². The Balaban J connectivity index is 1.60. The van der Waals surface area contributed by atoms with Crippen molar-refractivity contribution in [3.8, 4) is 11.4 Å². The SMILES string of the molecule is CN/C(=C\C=N)NCCCCNc1cc(C2CC2)nc(-c2ccc(Cl)cc2Cl)n1. The van der Waals surface area contributed by atoms with Gasteiger partial charge in [0.1, 0.15) is 5.82 Å². The summed E-state index contributed by atoms with van der Waals surface area (Å²) in [5.74, 6) is 2.83. The van der Waals surface area contributed by atoms with Gasteiger partial charge in [-0.15, -0.1) is 0 Å². The lowest BCUT2D eigenvalue weighted by Crippen LogP contribution is -2.24. The molecule has 4 N–H and O–H groups in total. The van der Waals surface area contributed by atoms with Gasteiger partial charge in [0.15, 0.2) is 5.82 Å². The molecule has 8 heteroatoms. The lowest BCUT2D eigenvalue weighted by Gasteiger charge is -2.12. The molecule has 6 nitrogen and oxygen atoms in total. The number of benzene rings is 1. The van der Waals surface area contributed by atoms with E-state index in [1.807, 2.05) is 19.2 Å². The Kier molecular flexibility index (Phi) is 7.72. The van der Waals surface area contributed by atoms with Gasteiger partial charge in [-0.2, -0.15) is 0 Å². The van der Waals surface area contributed by atoms with Gasteiger partial charge in [-0.1, -0.05) is 23.2 Å². The quantitative estimate of drug-likeness (QED) is 0.302. The number of aromatic nitrogens is 2. The smallest absolute Gasteiger partial charge is 0.163 e. The fourth-order valence-corrected chi connectivity index (χ4v) is 3.43. The van der Waals surface area contributed by atoms with Crippen LogP contribution in [0, 0.1) is 5.41 Å². The van der Waals surface area contributed by atoms with Crippen molar-refractivity contribution in [1.29, 1.82) is 5.41 Å². The summed E-state index contributed by atoms with van der Waals surface area (Å²) < 4.78 is 0. The van der Waals surface area contributed by atoms with E-state index in [4.69, 9.17) is 33.6 Å². The molecule has 0 radical (unpaired) electrons. The Morgan fingerprint density at radius 2 is 1.97 bits per heavy atom. The largest absolute Gasteiger partial charge is 0.375 e. The zero-order chi connectivity index (χ0) is 20.6. The number of nitrogens with one attached hydrogen (secondary N) is 4. The first-order valence-corrected chi connectivity index (χ1v) is 10.6. The van der Waals surface area contributed by atoms with E-state index in [-0.39, 0.29) is 0 Å². The molecule has 1 aliphatic rings. The van der Waals surface area contributed by atoms with Crippen LogP contribution in [0.2, 0.25) is 10.0 Å². The summed E-state index contributed by atoms with van der Waals surface area (Å²) in [7, 11) is 1.83. The van der Waals surface area contributed by atoms with E-state index in [0.717, 1.165) is 48.8 Å². The highest BCUT2D eigenvalue weighted by molar-refractivity contribution is 6.36. The van der Waals surface area contributed by atoms with E-state index >= 15 is 0 Å². The molecule has 0 saturated heterocycles. The fraction of sp³-hybridized carbons (Fsp3) is 0.381. The Morgan fingerprint density at radius 1 is 1.17 bits per heavy atom. The molecule has 0 amide bonds. The normalized spacial score (nSPS) is 13.8. The molecule has 29 heavy (non-hydrogen) atoms. The van der Waals surface area contributed by atoms with Gasteiger partial charge in [-0.25, -0.2) is 9.97 Å². The Bertz CT molecular complexity index is 879. The summed E-state index contributed by atoms with van der Waals surface area (Å²) in [6, 6.07) is 7.45. The summed E-state index contributed by atoms with van der Waals surface area (Å²) in [5, 5.41) is 18.0. The predicted octanol–water partition coefficient (Wildman–Crippen LogP) is 4.82. The standard InChI is InChI=1S/C21H26Cl2N6/c1-25-19(8-9-24)26-10-2-3-11-27-20-13-18(14-4-5-14)28-21(29-20)16-7-6-15(22)12-17(16)23/h6-9,12-14,24-26H,2-5,10-11H2,1H3,(H,27,28,29)/b19-8+,24-9?. The van der Waals surface area contributed by atoms with Crippen LogP contribution in [-0.4, -0.2) is 36.3 Å². The highest BCUT2D eigenvalue weighted by atomic mass is 35.5. The lowest BCUT2D eigenvalue weighted by molar-refractivity contribution is 0.666. The minimum absolute atomic E-state index is 0.521. The number of hydrogen-bond acceptors (Lipinski definition) is 6. The molecule has 1 aromatic heterocycles. The number of rotatable bonds is 11. The van der Waals surface area contributed by atoms with Crippen molar-refractivity contribution in [2.75, 3.05) is 25.5 Å². The topological polar surface area (TPSA) is 85.7 Å². The van der Waals surface area contributed by atoms with E-state index in [1.165, 1.54) is 19.1 Å². The molecule has 1 fully saturated rings. The lowest BCUT2D eigenvalue weighted by atomic mass is 10.2. The highest BCUT2D eigenvalue weighted by Gasteiger charge is 2.26. The number of hydrogen-bond donors (Lipinski definition) is 4. The maximum atomic E-state index is 7.11. The van der Waals surface area contributed by atoms with Crippen molar-refractivity contribution >= 4 is 35.2 Å². The zero-order valence-electron chi connectivity index (χ0n) is 16.4. The van der Waals surface area contributed by atoms with E-state index in [2.05, 4.69) is 27.0 Å². The molecule has 3 rings (SSSR count). The average molecular weight is 433 g/mol. The van der Waals surface area contributed by atoms with Crippen molar-refractivity contribution in [3.05, 3.63) is 51.9 Å². The first kappa shape index (κ1) is 21.4. The summed E-state index contributed by atoms with van der Waals surface area (Å²) in [4.78, 5) is 9.42. The molecule has 0 spiro atoms. The average Bonchev–Trinajstić information content (AvgIpc) is 3.55. The molecule has 154 valence electrons. The summed E-state index contributed by atoms with van der Waals surface area (Å²) in [6.07, 6.45) is 7.30. The first-order chi connectivity index (χ1) is 14.1.